The van der Waals surface area contributed by atoms with Crippen LogP contribution in [0.5, 0.6) is 5.75 Å². The largest absolute Gasteiger partial charge is 0.482 e. The number of hydrogen-bond donors (Lipinski definition) is 2. The first-order chi connectivity index (χ1) is 17.4. The van der Waals surface area contributed by atoms with E-state index in [4.69, 9.17) is 9.84 Å². The van der Waals surface area contributed by atoms with Crippen LogP contribution in [0.2, 0.25) is 0 Å². The summed E-state index contributed by atoms with van der Waals surface area (Å²) in [5.41, 5.74) is 0.510. The fourth-order valence-corrected chi connectivity index (χ4v) is 4.43. The number of halogens is 3. The van der Waals surface area contributed by atoms with Crippen LogP contribution in [-0.4, -0.2) is 43.3 Å². The Labute approximate surface area is 210 Å². The minimum atomic E-state index is -4.51. The number of carbonyl (C=O) groups excluding carboxylic acids is 1. The van der Waals surface area contributed by atoms with Crippen LogP contribution < -0.4 is 10.1 Å². The second kappa shape index (κ2) is 10.2. The number of aliphatic carboxylic acids is 1. The summed E-state index contributed by atoms with van der Waals surface area (Å²) in [6.07, 6.45) is 1.10. The number of nitrogens with one attached hydrogen (secondary N) is 1. The molecule has 1 fully saturated rings. The van der Waals surface area contributed by atoms with Crippen molar-refractivity contribution in [2.45, 2.75) is 45.4 Å². The van der Waals surface area contributed by atoms with E-state index in [1.165, 1.54) is 12.4 Å². The quantitative estimate of drug-likeness (QED) is 0.431. The van der Waals surface area contributed by atoms with E-state index in [0.717, 1.165) is 29.3 Å². The molecule has 196 valence electrons. The number of amides is 1. The molecule has 0 spiro atoms. The number of alkyl halides is 3. The summed E-state index contributed by atoms with van der Waals surface area (Å²) in [5, 5.41) is 15.0. The number of benzene rings is 1. The Balaban J connectivity index is 1.48. The van der Waals surface area contributed by atoms with E-state index in [0.29, 0.717) is 17.5 Å². The summed E-state index contributed by atoms with van der Waals surface area (Å²) in [5.74, 6) is -0.844. The highest BCUT2D eigenvalue weighted by Crippen LogP contribution is 2.51. The first kappa shape index (κ1) is 26.1. The molecule has 2 aromatic heterocycles. The molecule has 0 unspecified atom stereocenters. The van der Waals surface area contributed by atoms with Gasteiger partial charge in [0.15, 0.2) is 5.75 Å². The lowest BCUT2D eigenvalue weighted by Crippen LogP contribution is -2.37. The molecule has 4 rings (SSSR count). The zero-order valence-electron chi connectivity index (χ0n) is 20.2. The molecular formula is C25H26F3N5O4. The second-order valence-corrected chi connectivity index (χ2v) is 9.78. The van der Waals surface area contributed by atoms with Crippen LogP contribution in [0, 0.1) is 11.3 Å². The van der Waals surface area contributed by atoms with Gasteiger partial charge < -0.3 is 15.2 Å². The average Bonchev–Trinajstić information content (AvgIpc) is 3.32. The molecule has 1 aliphatic rings. The van der Waals surface area contributed by atoms with Crippen molar-refractivity contribution in [2.75, 3.05) is 6.54 Å². The summed E-state index contributed by atoms with van der Waals surface area (Å²) in [4.78, 5) is 31.1. The molecule has 2 N–H and O–H groups in total. The molecule has 1 amide bonds. The minimum Gasteiger partial charge on any atom is -0.482 e. The lowest BCUT2D eigenvalue weighted by atomic mass is 9.62. The predicted molar refractivity (Wildman–Crippen MR) is 125 cm³/mol. The fraction of sp³-hybridized carbons (Fsp3) is 0.400. The van der Waals surface area contributed by atoms with Crippen LogP contribution in [0.15, 0.2) is 49.1 Å². The third kappa shape index (κ3) is 6.43. The van der Waals surface area contributed by atoms with E-state index in [9.17, 15) is 22.8 Å². The number of carboxylic acids is 1. The van der Waals surface area contributed by atoms with Gasteiger partial charge in [-0.1, -0.05) is 26.0 Å². The first-order valence-electron chi connectivity index (χ1n) is 11.6. The smallest absolute Gasteiger partial charge is 0.419 e. The molecule has 3 aromatic rings. The molecule has 12 heteroatoms. The Bertz CT molecular complexity index is 1250. The molecular weight excluding hydrogens is 491 g/mol. The second-order valence-electron chi connectivity index (χ2n) is 9.78. The SMILES string of the molecule is CC1(C)CC([C@H](Oc2cnc(-n3cc(C(F)(F)F)cn3)nc2)c2ccc(C(=O)NCCC(=O)O)cc2)C1. The van der Waals surface area contributed by atoms with E-state index in [-0.39, 0.29) is 42.3 Å². The third-order valence-electron chi connectivity index (χ3n) is 6.18. The summed E-state index contributed by atoms with van der Waals surface area (Å²) in [6.45, 7) is 4.37. The van der Waals surface area contributed by atoms with Crippen molar-refractivity contribution in [3.63, 3.8) is 0 Å². The summed E-state index contributed by atoms with van der Waals surface area (Å²) >= 11 is 0. The number of nitrogens with zero attached hydrogens (tertiary/aromatic N) is 4. The summed E-state index contributed by atoms with van der Waals surface area (Å²) in [6, 6.07) is 6.89. The zero-order valence-corrected chi connectivity index (χ0v) is 20.2. The highest BCUT2D eigenvalue weighted by molar-refractivity contribution is 5.94. The van der Waals surface area contributed by atoms with Gasteiger partial charge in [0.25, 0.3) is 11.9 Å². The van der Waals surface area contributed by atoms with Crippen molar-refractivity contribution in [1.29, 1.82) is 0 Å². The van der Waals surface area contributed by atoms with E-state index in [1.807, 2.05) is 0 Å². The minimum absolute atomic E-state index is 0.0255. The van der Waals surface area contributed by atoms with Crippen molar-refractivity contribution in [3.8, 4) is 11.7 Å². The number of rotatable bonds is 9. The van der Waals surface area contributed by atoms with Crippen molar-refractivity contribution in [1.82, 2.24) is 25.1 Å². The van der Waals surface area contributed by atoms with Crippen LogP contribution >= 0.6 is 0 Å². The molecule has 0 bridgehead atoms. The molecule has 1 atom stereocenters. The van der Waals surface area contributed by atoms with Gasteiger partial charge in [-0.15, -0.1) is 0 Å². The van der Waals surface area contributed by atoms with Gasteiger partial charge in [-0.25, -0.2) is 14.6 Å². The number of hydrogen-bond acceptors (Lipinski definition) is 6. The first-order valence-corrected chi connectivity index (χ1v) is 11.6. The maximum absolute atomic E-state index is 12.9. The van der Waals surface area contributed by atoms with Gasteiger partial charge in [0, 0.05) is 24.2 Å². The Morgan fingerprint density at radius 3 is 2.35 bits per heavy atom. The van der Waals surface area contributed by atoms with E-state index < -0.39 is 17.7 Å². The fourth-order valence-electron chi connectivity index (χ4n) is 4.43. The molecule has 1 aromatic carbocycles. The van der Waals surface area contributed by atoms with Gasteiger partial charge in [0.2, 0.25) is 0 Å². The number of carbonyl (C=O) groups is 2. The van der Waals surface area contributed by atoms with Gasteiger partial charge in [0.1, 0.15) is 6.10 Å². The lowest BCUT2D eigenvalue weighted by molar-refractivity contribution is -0.138. The van der Waals surface area contributed by atoms with E-state index in [2.05, 4.69) is 34.2 Å². The van der Waals surface area contributed by atoms with E-state index >= 15 is 0 Å². The molecule has 0 saturated heterocycles. The number of ether oxygens (including phenoxy) is 1. The predicted octanol–water partition coefficient (Wildman–Crippen LogP) is 4.44. The zero-order chi connectivity index (χ0) is 26.8. The normalized spacial score (nSPS) is 16.0. The Morgan fingerprint density at radius 2 is 1.81 bits per heavy atom. The standard InChI is InChI=1S/C25H26F3N5O4/c1-24(2)9-17(10-24)21(15-3-5-16(6-4-15)22(36)29-8-7-20(34)35)37-19-12-30-23(31-13-19)33-14-18(11-32-33)25(26,27)28/h3-6,11-14,17,21H,7-10H2,1-2H3,(H,29,36)(H,34,35)/t21-/m1/s1. The van der Waals surface area contributed by atoms with Gasteiger partial charge in [-0.3, -0.25) is 9.59 Å². The van der Waals surface area contributed by atoms with Crippen molar-refractivity contribution < 1.29 is 32.6 Å². The van der Waals surface area contributed by atoms with Crippen LogP contribution in [0.3, 0.4) is 0 Å². The highest BCUT2D eigenvalue weighted by atomic mass is 19.4. The van der Waals surface area contributed by atoms with Crippen LogP contribution in [0.4, 0.5) is 13.2 Å². The molecule has 1 aliphatic carbocycles. The summed E-state index contributed by atoms with van der Waals surface area (Å²) in [7, 11) is 0. The number of carboxylic acid groups (broad SMARTS) is 1. The van der Waals surface area contributed by atoms with E-state index in [1.54, 1.807) is 24.3 Å². The average molecular weight is 518 g/mol. The maximum atomic E-state index is 12.9. The molecule has 2 heterocycles. The van der Waals surface area contributed by atoms with Crippen LogP contribution in [0.25, 0.3) is 5.95 Å². The molecule has 1 saturated carbocycles. The van der Waals surface area contributed by atoms with Gasteiger partial charge in [-0.2, -0.15) is 18.3 Å². The topological polar surface area (TPSA) is 119 Å². The Kier molecular flexibility index (Phi) is 7.19. The Hall–Kier alpha value is -3.96. The monoisotopic (exact) mass is 517 g/mol. The molecule has 9 nitrogen and oxygen atoms in total. The molecule has 37 heavy (non-hydrogen) atoms. The molecule has 0 aliphatic heterocycles. The van der Waals surface area contributed by atoms with Gasteiger partial charge >= 0.3 is 12.1 Å². The Morgan fingerprint density at radius 1 is 1.16 bits per heavy atom. The highest BCUT2D eigenvalue weighted by Gasteiger charge is 2.42. The van der Waals surface area contributed by atoms with Crippen molar-refractivity contribution in [2.24, 2.45) is 11.3 Å². The van der Waals surface area contributed by atoms with Crippen molar-refractivity contribution >= 4 is 11.9 Å². The molecule has 0 radical (unpaired) electrons. The van der Waals surface area contributed by atoms with Crippen LogP contribution in [0.1, 0.15) is 60.7 Å². The third-order valence-corrected chi connectivity index (χ3v) is 6.18. The van der Waals surface area contributed by atoms with Crippen molar-refractivity contribution in [3.05, 3.63) is 65.7 Å². The summed E-state index contributed by atoms with van der Waals surface area (Å²) < 4.78 is 45.7. The number of aromatic nitrogens is 4. The van der Waals surface area contributed by atoms with Gasteiger partial charge in [0.05, 0.1) is 30.6 Å². The maximum Gasteiger partial charge on any atom is 0.419 e. The van der Waals surface area contributed by atoms with Gasteiger partial charge in [-0.05, 0) is 36.0 Å². The lowest BCUT2D eigenvalue weighted by Gasteiger charge is -2.46. The van der Waals surface area contributed by atoms with Crippen LogP contribution in [-0.2, 0) is 11.0 Å².